The number of rotatable bonds is 1. The van der Waals surface area contributed by atoms with Crippen molar-refractivity contribution in [1.29, 1.82) is 0 Å². The molecule has 0 aliphatic heterocycles. The van der Waals surface area contributed by atoms with Gasteiger partial charge in [0.25, 0.3) is 0 Å². The van der Waals surface area contributed by atoms with Gasteiger partial charge in [-0.15, -0.1) is 11.3 Å². The number of thiophene rings is 1. The van der Waals surface area contributed by atoms with Gasteiger partial charge in [0.2, 0.25) is 0 Å². The Labute approximate surface area is 94.9 Å². The van der Waals surface area contributed by atoms with Crippen molar-refractivity contribution < 1.29 is 0 Å². The van der Waals surface area contributed by atoms with Crippen molar-refractivity contribution in [3.05, 3.63) is 52.4 Å². The van der Waals surface area contributed by atoms with Crippen molar-refractivity contribution in [3.8, 4) is 10.7 Å². The van der Waals surface area contributed by atoms with Crippen molar-refractivity contribution in [2.24, 2.45) is 0 Å². The maximum atomic E-state index is 11.7. The Bertz CT molecular complexity index is 688. The van der Waals surface area contributed by atoms with Gasteiger partial charge in [-0.05, 0) is 23.6 Å². The highest BCUT2D eigenvalue weighted by Gasteiger charge is 2.05. The van der Waals surface area contributed by atoms with Crippen molar-refractivity contribution in [1.82, 2.24) is 14.4 Å². The van der Waals surface area contributed by atoms with Crippen LogP contribution in [0.5, 0.6) is 0 Å². The average molecular weight is 229 g/mol. The maximum absolute atomic E-state index is 11.7. The third-order valence-electron chi connectivity index (χ3n) is 2.21. The second-order valence-electron chi connectivity index (χ2n) is 3.24. The number of hydrogen-bond donors (Lipinski definition) is 0. The highest BCUT2D eigenvalue weighted by Crippen LogP contribution is 2.19. The van der Waals surface area contributed by atoms with E-state index in [1.165, 1.54) is 15.7 Å². The van der Waals surface area contributed by atoms with E-state index in [9.17, 15) is 4.79 Å². The summed E-state index contributed by atoms with van der Waals surface area (Å²) in [6, 6.07) is 9.23. The van der Waals surface area contributed by atoms with Gasteiger partial charge in [-0.3, -0.25) is 4.40 Å². The molecule has 4 nitrogen and oxygen atoms in total. The minimum Gasteiger partial charge on any atom is -0.251 e. The van der Waals surface area contributed by atoms with E-state index in [1.807, 2.05) is 23.6 Å². The summed E-state index contributed by atoms with van der Waals surface area (Å²) < 4.78 is 1.43. The molecule has 0 unspecified atom stereocenters. The summed E-state index contributed by atoms with van der Waals surface area (Å²) in [5.74, 6) is 0.492. The third-order valence-corrected chi connectivity index (χ3v) is 3.07. The Balaban J connectivity index is 2.34. The zero-order valence-corrected chi connectivity index (χ0v) is 9.02. The molecule has 3 aromatic rings. The molecule has 78 valence electrons. The maximum Gasteiger partial charge on any atom is 0.355 e. The fraction of sp³-hybridized carbons (Fsp3) is 0. The van der Waals surface area contributed by atoms with Gasteiger partial charge in [0.05, 0.1) is 4.88 Å². The fourth-order valence-electron chi connectivity index (χ4n) is 1.48. The quantitative estimate of drug-likeness (QED) is 0.639. The normalized spacial score (nSPS) is 10.8. The fourth-order valence-corrected chi connectivity index (χ4v) is 2.14. The molecule has 3 heterocycles. The van der Waals surface area contributed by atoms with Crippen LogP contribution in [0, 0.1) is 0 Å². The topological polar surface area (TPSA) is 47.3 Å². The second kappa shape index (κ2) is 3.53. The molecule has 3 rings (SSSR count). The zero-order valence-electron chi connectivity index (χ0n) is 8.20. The minimum absolute atomic E-state index is 0.297. The van der Waals surface area contributed by atoms with E-state index in [4.69, 9.17) is 0 Å². The van der Waals surface area contributed by atoms with E-state index >= 15 is 0 Å². The van der Waals surface area contributed by atoms with Gasteiger partial charge >= 0.3 is 5.69 Å². The average Bonchev–Trinajstić information content (AvgIpc) is 2.82. The largest absolute Gasteiger partial charge is 0.355 e. The van der Waals surface area contributed by atoms with Gasteiger partial charge < -0.3 is 0 Å². The molecule has 0 fully saturated rings. The summed E-state index contributed by atoms with van der Waals surface area (Å²) in [5.41, 5.74) is 0.319. The molecule has 5 heteroatoms. The predicted octanol–water partition coefficient (Wildman–Crippen LogP) is 1.82. The highest BCUT2D eigenvalue weighted by atomic mass is 32.1. The van der Waals surface area contributed by atoms with Gasteiger partial charge in [-0.1, -0.05) is 12.1 Å². The van der Waals surface area contributed by atoms with Crippen LogP contribution in [0.3, 0.4) is 0 Å². The second-order valence-corrected chi connectivity index (χ2v) is 4.18. The summed E-state index contributed by atoms with van der Waals surface area (Å²) in [7, 11) is 0. The van der Waals surface area contributed by atoms with Crippen LogP contribution in [0.2, 0.25) is 0 Å². The van der Waals surface area contributed by atoms with E-state index < -0.39 is 0 Å². The van der Waals surface area contributed by atoms with Crippen LogP contribution in [0.1, 0.15) is 0 Å². The Hall–Kier alpha value is -2.01. The monoisotopic (exact) mass is 229 g/mol. The number of pyridine rings is 1. The van der Waals surface area contributed by atoms with Crippen LogP contribution in [-0.2, 0) is 0 Å². The highest BCUT2D eigenvalue weighted by molar-refractivity contribution is 7.13. The summed E-state index contributed by atoms with van der Waals surface area (Å²) in [6.07, 6.45) is 1.66. The van der Waals surface area contributed by atoms with Crippen LogP contribution in [0.25, 0.3) is 16.3 Å². The van der Waals surface area contributed by atoms with Crippen LogP contribution < -0.4 is 5.69 Å². The van der Waals surface area contributed by atoms with E-state index in [2.05, 4.69) is 9.97 Å². The first-order chi connectivity index (χ1) is 7.84. The van der Waals surface area contributed by atoms with Gasteiger partial charge in [-0.25, -0.2) is 9.78 Å². The van der Waals surface area contributed by atoms with Crippen LogP contribution in [0.15, 0.2) is 46.7 Å². The van der Waals surface area contributed by atoms with Crippen LogP contribution in [-0.4, -0.2) is 14.4 Å². The Morgan fingerprint density at radius 3 is 2.88 bits per heavy atom. The first kappa shape index (κ1) is 9.23. The molecule has 0 bridgehead atoms. The summed E-state index contributed by atoms with van der Waals surface area (Å²) in [6.45, 7) is 0. The van der Waals surface area contributed by atoms with E-state index in [0.717, 1.165) is 4.88 Å². The zero-order chi connectivity index (χ0) is 11.0. The Morgan fingerprint density at radius 2 is 2.06 bits per heavy atom. The lowest BCUT2D eigenvalue weighted by Crippen LogP contribution is -2.18. The molecule has 0 atom stereocenters. The summed E-state index contributed by atoms with van der Waals surface area (Å²) in [4.78, 5) is 20.9. The molecule has 0 saturated heterocycles. The van der Waals surface area contributed by atoms with Crippen molar-refractivity contribution in [3.63, 3.8) is 0 Å². The number of hydrogen-bond acceptors (Lipinski definition) is 4. The standard InChI is InChI=1S/C11H7N3OS/c15-11-13-10(8-4-3-7-16-8)12-9-5-1-2-6-14(9)11/h1-7H. The van der Waals surface area contributed by atoms with Gasteiger partial charge in [0, 0.05) is 6.20 Å². The van der Waals surface area contributed by atoms with Crippen molar-refractivity contribution in [2.45, 2.75) is 0 Å². The third kappa shape index (κ3) is 1.42. The van der Waals surface area contributed by atoms with Crippen LogP contribution >= 0.6 is 11.3 Å². The summed E-state index contributed by atoms with van der Waals surface area (Å²) in [5, 5.41) is 1.94. The molecule has 0 aliphatic rings. The SMILES string of the molecule is O=c1nc(-c2cccs2)nc2ccccn12. The predicted molar refractivity (Wildman–Crippen MR) is 62.6 cm³/mol. The molecule has 0 radical (unpaired) electrons. The molecule has 0 spiro atoms. The summed E-state index contributed by atoms with van der Waals surface area (Å²) >= 11 is 1.52. The number of nitrogens with zero attached hydrogens (tertiary/aromatic N) is 3. The molecular weight excluding hydrogens is 222 g/mol. The number of aromatic nitrogens is 3. The van der Waals surface area contributed by atoms with Gasteiger partial charge in [0.1, 0.15) is 5.65 Å². The Kier molecular flexibility index (Phi) is 2.04. The molecule has 3 aromatic heterocycles. The first-order valence-corrected chi connectivity index (χ1v) is 5.62. The molecule has 0 saturated carbocycles. The molecule has 0 aromatic carbocycles. The van der Waals surface area contributed by atoms with Crippen molar-refractivity contribution in [2.75, 3.05) is 0 Å². The van der Waals surface area contributed by atoms with E-state index in [1.54, 1.807) is 18.3 Å². The lowest BCUT2D eigenvalue weighted by atomic mass is 10.4. The minimum atomic E-state index is -0.297. The first-order valence-electron chi connectivity index (χ1n) is 4.74. The molecule has 16 heavy (non-hydrogen) atoms. The van der Waals surface area contributed by atoms with Gasteiger partial charge in [-0.2, -0.15) is 4.98 Å². The smallest absolute Gasteiger partial charge is 0.251 e. The molecule has 0 amide bonds. The van der Waals surface area contributed by atoms with Gasteiger partial charge in [0.15, 0.2) is 5.82 Å². The van der Waals surface area contributed by atoms with Crippen LogP contribution in [0.4, 0.5) is 0 Å². The van der Waals surface area contributed by atoms with E-state index in [0.29, 0.717) is 11.5 Å². The lowest BCUT2D eigenvalue weighted by Gasteiger charge is -2.00. The molecular formula is C11H7N3OS. The number of fused-ring (bicyclic) bond motifs is 1. The van der Waals surface area contributed by atoms with E-state index in [-0.39, 0.29) is 5.69 Å². The molecule has 0 N–H and O–H groups in total. The molecule has 0 aliphatic carbocycles. The Morgan fingerprint density at radius 1 is 1.12 bits per heavy atom. The lowest BCUT2D eigenvalue weighted by molar-refractivity contribution is 0.950. The van der Waals surface area contributed by atoms with Crippen molar-refractivity contribution >= 4 is 17.0 Å².